The number of aliphatic imine (C=N–C) groups is 1. The van der Waals surface area contributed by atoms with Crippen LogP contribution < -0.4 is 11.1 Å². The van der Waals surface area contributed by atoms with Gasteiger partial charge in [-0.1, -0.05) is 38.1 Å². The zero-order valence-corrected chi connectivity index (χ0v) is 13.4. The molecule has 5 heteroatoms. The molecule has 22 heavy (non-hydrogen) atoms. The van der Waals surface area contributed by atoms with Crippen molar-refractivity contribution in [3.05, 3.63) is 53.9 Å². The number of guanidine groups is 1. The van der Waals surface area contributed by atoms with Crippen molar-refractivity contribution < 1.29 is 0 Å². The fraction of sp³-hybridized carbons (Fsp3) is 0.412. The number of rotatable bonds is 7. The molecule has 2 rings (SSSR count). The summed E-state index contributed by atoms with van der Waals surface area (Å²) >= 11 is 0. The van der Waals surface area contributed by atoms with Crippen molar-refractivity contribution in [3.8, 4) is 0 Å². The molecule has 0 saturated heterocycles. The molecule has 0 atom stereocenters. The minimum absolute atomic E-state index is 0.509. The minimum atomic E-state index is 0.509. The second-order valence-electron chi connectivity index (χ2n) is 5.78. The van der Waals surface area contributed by atoms with E-state index in [-0.39, 0.29) is 0 Å². The standard InChI is InChI=1S/C17H25N5/c1-14(2)8-10-19-17(18)20-12-15-6-3-4-7-16(15)13-22-11-5-9-21-22/h3-7,9,11,14H,8,10,12-13H2,1-2H3,(H3,18,19,20). The molecule has 0 saturated carbocycles. The van der Waals surface area contributed by atoms with Gasteiger partial charge in [0, 0.05) is 18.9 Å². The highest BCUT2D eigenvalue weighted by molar-refractivity contribution is 5.77. The molecule has 3 N–H and O–H groups in total. The molecule has 0 unspecified atom stereocenters. The molecular weight excluding hydrogens is 274 g/mol. The summed E-state index contributed by atoms with van der Waals surface area (Å²) in [5, 5.41) is 7.41. The first-order valence-corrected chi connectivity index (χ1v) is 7.73. The van der Waals surface area contributed by atoms with Crippen LogP contribution in [-0.2, 0) is 13.1 Å². The van der Waals surface area contributed by atoms with Gasteiger partial charge in [0.05, 0.1) is 13.1 Å². The Labute approximate surface area is 132 Å². The lowest BCUT2D eigenvalue weighted by Crippen LogP contribution is -2.32. The lowest BCUT2D eigenvalue weighted by Gasteiger charge is -2.10. The van der Waals surface area contributed by atoms with Gasteiger partial charge in [-0.3, -0.25) is 4.68 Å². The van der Waals surface area contributed by atoms with Crippen molar-refractivity contribution in [3.63, 3.8) is 0 Å². The average Bonchev–Trinajstić information content (AvgIpc) is 2.99. The van der Waals surface area contributed by atoms with Gasteiger partial charge >= 0.3 is 0 Å². The molecule has 0 aliphatic heterocycles. The van der Waals surface area contributed by atoms with E-state index in [1.807, 2.05) is 29.1 Å². The molecule has 2 aromatic rings. The summed E-state index contributed by atoms with van der Waals surface area (Å²) in [5.74, 6) is 1.17. The summed E-state index contributed by atoms with van der Waals surface area (Å²) < 4.78 is 1.91. The van der Waals surface area contributed by atoms with E-state index >= 15 is 0 Å². The lowest BCUT2D eigenvalue weighted by molar-refractivity contribution is 0.576. The van der Waals surface area contributed by atoms with Crippen LogP contribution in [0, 0.1) is 5.92 Å². The molecular formula is C17H25N5. The van der Waals surface area contributed by atoms with E-state index in [4.69, 9.17) is 5.73 Å². The maximum atomic E-state index is 5.92. The summed E-state index contributed by atoms with van der Waals surface area (Å²) in [5.41, 5.74) is 8.30. The van der Waals surface area contributed by atoms with Gasteiger partial charge in [-0.15, -0.1) is 0 Å². The highest BCUT2D eigenvalue weighted by Crippen LogP contribution is 2.11. The van der Waals surface area contributed by atoms with Crippen LogP contribution >= 0.6 is 0 Å². The second-order valence-corrected chi connectivity index (χ2v) is 5.78. The molecule has 0 aliphatic rings. The summed E-state index contributed by atoms with van der Waals surface area (Å²) in [6.07, 6.45) is 4.84. The number of hydrogen-bond donors (Lipinski definition) is 2. The molecule has 0 radical (unpaired) electrons. The number of aromatic nitrogens is 2. The van der Waals surface area contributed by atoms with E-state index in [0.29, 0.717) is 18.4 Å². The first-order valence-electron chi connectivity index (χ1n) is 7.73. The summed E-state index contributed by atoms with van der Waals surface area (Å²) in [4.78, 5) is 4.43. The Morgan fingerprint density at radius 1 is 1.27 bits per heavy atom. The minimum Gasteiger partial charge on any atom is -0.370 e. The molecule has 5 nitrogen and oxygen atoms in total. The van der Waals surface area contributed by atoms with Gasteiger partial charge in [-0.25, -0.2) is 4.99 Å². The molecule has 0 spiro atoms. The van der Waals surface area contributed by atoms with Crippen molar-refractivity contribution in [1.29, 1.82) is 0 Å². The number of nitrogens with zero attached hydrogens (tertiary/aromatic N) is 3. The second kappa shape index (κ2) is 8.22. The number of nitrogens with two attached hydrogens (primary N) is 1. The van der Waals surface area contributed by atoms with E-state index in [0.717, 1.165) is 19.5 Å². The maximum absolute atomic E-state index is 5.92. The third-order valence-corrected chi connectivity index (χ3v) is 3.46. The molecule has 1 aromatic heterocycles. The Morgan fingerprint density at radius 2 is 2.05 bits per heavy atom. The monoisotopic (exact) mass is 299 g/mol. The first kappa shape index (κ1) is 16.1. The maximum Gasteiger partial charge on any atom is 0.188 e. The molecule has 1 aromatic carbocycles. The summed E-state index contributed by atoms with van der Waals surface area (Å²) in [7, 11) is 0. The van der Waals surface area contributed by atoms with Gasteiger partial charge in [-0.2, -0.15) is 5.10 Å². The number of benzene rings is 1. The average molecular weight is 299 g/mol. The van der Waals surface area contributed by atoms with Gasteiger partial charge in [-0.05, 0) is 29.5 Å². The highest BCUT2D eigenvalue weighted by Gasteiger charge is 2.03. The first-order chi connectivity index (χ1) is 10.6. The Balaban J connectivity index is 1.94. The molecule has 0 aliphatic carbocycles. The molecule has 0 amide bonds. The molecule has 0 fully saturated rings. The van der Waals surface area contributed by atoms with Gasteiger partial charge in [0.15, 0.2) is 5.96 Å². The normalized spacial score (nSPS) is 11.9. The fourth-order valence-corrected chi connectivity index (χ4v) is 2.15. The zero-order chi connectivity index (χ0) is 15.8. The summed E-state index contributed by atoms with van der Waals surface area (Å²) in [6, 6.07) is 10.2. The Hall–Kier alpha value is -2.30. The van der Waals surface area contributed by atoms with Crippen LogP contribution in [0.4, 0.5) is 0 Å². The van der Waals surface area contributed by atoms with Crippen LogP contribution in [0.5, 0.6) is 0 Å². The van der Waals surface area contributed by atoms with Crippen LogP contribution in [0.15, 0.2) is 47.7 Å². The lowest BCUT2D eigenvalue weighted by atomic mass is 10.1. The Bertz CT molecular complexity index is 587. The van der Waals surface area contributed by atoms with E-state index in [1.165, 1.54) is 11.1 Å². The predicted molar refractivity (Wildman–Crippen MR) is 90.6 cm³/mol. The zero-order valence-electron chi connectivity index (χ0n) is 13.4. The van der Waals surface area contributed by atoms with Crippen LogP contribution in [-0.4, -0.2) is 22.3 Å². The van der Waals surface area contributed by atoms with Gasteiger partial charge < -0.3 is 11.1 Å². The Morgan fingerprint density at radius 3 is 2.73 bits per heavy atom. The van der Waals surface area contributed by atoms with Crippen molar-refractivity contribution in [2.75, 3.05) is 6.54 Å². The molecule has 118 valence electrons. The third kappa shape index (κ3) is 5.24. The van der Waals surface area contributed by atoms with E-state index in [1.54, 1.807) is 6.20 Å². The quantitative estimate of drug-likeness (QED) is 0.609. The smallest absolute Gasteiger partial charge is 0.188 e. The van der Waals surface area contributed by atoms with E-state index < -0.39 is 0 Å². The molecule has 1 heterocycles. The van der Waals surface area contributed by atoms with Crippen LogP contribution in [0.2, 0.25) is 0 Å². The largest absolute Gasteiger partial charge is 0.370 e. The van der Waals surface area contributed by atoms with Gasteiger partial charge in [0.25, 0.3) is 0 Å². The van der Waals surface area contributed by atoms with E-state index in [9.17, 15) is 0 Å². The topological polar surface area (TPSA) is 68.2 Å². The van der Waals surface area contributed by atoms with Crippen LogP contribution in [0.1, 0.15) is 31.4 Å². The van der Waals surface area contributed by atoms with Crippen molar-refractivity contribution in [2.45, 2.75) is 33.4 Å². The SMILES string of the molecule is CC(C)CCNC(N)=NCc1ccccc1Cn1cccn1. The van der Waals surface area contributed by atoms with Crippen LogP contribution in [0.25, 0.3) is 0 Å². The van der Waals surface area contributed by atoms with Crippen molar-refractivity contribution >= 4 is 5.96 Å². The van der Waals surface area contributed by atoms with Gasteiger partial charge in [0.2, 0.25) is 0 Å². The van der Waals surface area contributed by atoms with Crippen molar-refractivity contribution in [1.82, 2.24) is 15.1 Å². The van der Waals surface area contributed by atoms with Crippen LogP contribution in [0.3, 0.4) is 0 Å². The number of nitrogens with one attached hydrogen (secondary N) is 1. The predicted octanol–water partition coefficient (Wildman–Crippen LogP) is 2.38. The molecule has 0 bridgehead atoms. The van der Waals surface area contributed by atoms with Crippen molar-refractivity contribution in [2.24, 2.45) is 16.6 Å². The van der Waals surface area contributed by atoms with E-state index in [2.05, 4.69) is 41.4 Å². The third-order valence-electron chi connectivity index (χ3n) is 3.46. The van der Waals surface area contributed by atoms with Gasteiger partial charge in [0.1, 0.15) is 0 Å². The fourth-order valence-electron chi connectivity index (χ4n) is 2.15. The highest BCUT2D eigenvalue weighted by atomic mass is 15.3. The number of hydrogen-bond acceptors (Lipinski definition) is 2. The Kier molecular flexibility index (Phi) is 6.01. The summed E-state index contributed by atoms with van der Waals surface area (Å²) in [6.45, 7) is 6.58.